The third-order valence-corrected chi connectivity index (χ3v) is 4.98. The molecule has 0 aliphatic carbocycles. The molecule has 0 saturated heterocycles. The summed E-state index contributed by atoms with van der Waals surface area (Å²) in [4.78, 5) is 10.8. The van der Waals surface area contributed by atoms with E-state index in [1.165, 1.54) is 10.4 Å². The third kappa shape index (κ3) is 3.65. The molecule has 0 saturated carbocycles. The van der Waals surface area contributed by atoms with Gasteiger partial charge >= 0.3 is 0 Å². The Hall–Kier alpha value is -2.05. The summed E-state index contributed by atoms with van der Waals surface area (Å²) in [7, 11) is 0. The number of halogens is 1. The Morgan fingerprint density at radius 1 is 1.22 bits per heavy atom. The summed E-state index contributed by atoms with van der Waals surface area (Å²) in [5.74, 6) is 0.730. The maximum absolute atomic E-state index is 4.32. The molecule has 1 aromatic carbocycles. The summed E-state index contributed by atoms with van der Waals surface area (Å²) >= 11 is 5.17. The van der Waals surface area contributed by atoms with Crippen molar-refractivity contribution in [2.24, 2.45) is 5.10 Å². The summed E-state index contributed by atoms with van der Waals surface area (Å²) < 4.78 is 0.875. The molecular weight excluding hydrogens is 372 g/mol. The highest BCUT2D eigenvalue weighted by Crippen LogP contribution is 2.32. The van der Waals surface area contributed by atoms with Crippen molar-refractivity contribution in [2.45, 2.75) is 13.8 Å². The van der Waals surface area contributed by atoms with Crippen LogP contribution in [0.4, 0.5) is 5.82 Å². The minimum absolute atomic E-state index is 0.730. The van der Waals surface area contributed by atoms with Crippen molar-refractivity contribution in [1.29, 1.82) is 0 Å². The number of benzene rings is 1. The van der Waals surface area contributed by atoms with Crippen molar-refractivity contribution in [3.8, 4) is 0 Å². The Morgan fingerprint density at radius 3 is 2.78 bits per heavy atom. The molecular formula is C17H15BrN4S. The van der Waals surface area contributed by atoms with Crippen LogP contribution in [0.25, 0.3) is 16.3 Å². The van der Waals surface area contributed by atoms with E-state index in [0.29, 0.717) is 0 Å². The normalized spacial score (nSPS) is 12.2. The number of hydrogen-bond acceptors (Lipinski definition) is 5. The predicted octanol–water partition coefficient (Wildman–Crippen LogP) is 5.14. The molecule has 0 radical (unpaired) electrons. The number of allylic oxidation sites excluding steroid dienone is 1. The van der Waals surface area contributed by atoms with Crippen molar-refractivity contribution >= 4 is 55.6 Å². The number of anilines is 1. The van der Waals surface area contributed by atoms with Gasteiger partial charge in [-0.2, -0.15) is 5.10 Å². The zero-order valence-electron chi connectivity index (χ0n) is 12.7. The third-order valence-electron chi connectivity index (χ3n) is 3.43. The van der Waals surface area contributed by atoms with Gasteiger partial charge in [0.15, 0.2) is 5.82 Å². The number of nitrogens with zero attached hydrogens (tertiary/aromatic N) is 3. The first-order chi connectivity index (χ1) is 11.1. The van der Waals surface area contributed by atoms with Crippen LogP contribution in [0.2, 0.25) is 0 Å². The summed E-state index contributed by atoms with van der Waals surface area (Å²) in [6.07, 6.45) is 5.28. The van der Waals surface area contributed by atoms with Gasteiger partial charge < -0.3 is 0 Å². The lowest BCUT2D eigenvalue weighted by atomic mass is 10.2. The van der Waals surface area contributed by atoms with E-state index in [4.69, 9.17) is 0 Å². The SMILES string of the molecule is Cc1sc2ncnc(N/N=C\C(Br)=C\c3ccccc3)c2c1C. The van der Waals surface area contributed by atoms with Crippen LogP contribution in [-0.4, -0.2) is 16.2 Å². The van der Waals surface area contributed by atoms with Gasteiger partial charge in [-0.1, -0.05) is 30.3 Å². The van der Waals surface area contributed by atoms with E-state index in [0.717, 1.165) is 26.1 Å². The predicted molar refractivity (Wildman–Crippen MR) is 102 cm³/mol. The second kappa shape index (κ2) is 7.02. The first kappa shape index (κ1) is 15.8. The van der Waals surface area contributed by atoms with E-state index < -0.39 is 0 Å². The molecule has 0 aliphatic rings. The van der Waals surface area contributed by atoms with E-state index >= 15 is 0 Å². The number of hydrogen-bond donors (Lipinski definition) is 1. The Morgan fingerprint density at radius 2 is 2.00 bits per heavy atom. The smallest absolute Gasteiger partial charge is 0.158 e. The second-order valence-corrected chi connectivity index (χ2v) is 7.11. The number of thiophene rings is 1. The molecule has 2 aromatic heterocycles. The average Bonchev–Trinajstić information content (AvgIpc) is 2.84. The van der Waals surface area contributed by atoms with Gasteiger partial charge in [-0.15, -0.1) is 11.3 Å². The fraction of sp³-hybridized carbons (Fsp3) is 0.118. The highest BCUT2D eigenvalue weighted by Gasteiger charge is 2.11. The Kier molecular flexibility index (Phi) is 4.83. The van der Waals surface area contributed by atoms with E-state index in [9.17, 15) is 0 Å². The molecule has 2 heterocycles. The Balaban J connectivity index is 1.79. The van der Waals surface area contributed by atoms with Gasteiger partial charge in [0, 0.05) is 9.36 Å². The molecule has 4 nitrogen and oxygen atoms in total. The van der Waals surface area contributed by atoms with Crippen LogP contribution in [0, 0.1) is 13.8 Å². The lowest BCUT2D eigenvalue weighted by Gasteiger charge is -2.01. The fourth-order valence-electron chi connectivity index (χ4n) is 2.17. The number of aryl methyl sites for hydroxylation is 2. The molecule has 0 atom stereocenters. The Labute approximate surface area is 147 Å². The van der Waals surface area contributed by atoms with Crippen LogP contribution in [0.3, 0.4) is 0 Å². The quantitative estimate of drug-likeness (QED) is 0.498. The lowest BCUT2D eigenvalue weighted by Crippen LogP contribution is -1.95. The number of rotatable bonds is 4. The van der Waals surface area contributed by atoms with E-state index in [2.05, 4.69) is 50.3 Å². The minimum atomic E-state index is 0.730. The molecule has 23 heavy (non-hydrogen) atoms. The lowest BCUT2D eigenvalue weighted by molar-refractivity contribution is 1.19. The molecule has 0 aliphatic heterocycles. The van der Waals surface area contributed by atoms with Crippen molar-refractivity contribution < 1.29 is 0 Å². The van der Waals surface area contributed by atoms with Crippen LogP contribution in [-0.2, 0) is 0 Å². The van der Waals surface area contributed by atoms with Crippen LogP contribution in [0.5, 0.6) is 0 Å². The number of nitrogens with one attached hydrogen (secondary N) is 1. The summed E-state index contributed by atoms with van der Waals surface area (Å²) in [5.41, 5.74) is 5.32. The van der Waals surface area contributed by atoms with E-state index in [1.54, 1.807) is 23.9 Å². The van der Waals surface area contributed by atoms with Crippen LogP contribution < -0.4 is 5.43 Å². The fourth-order valence-corrected chi connectivity index (χ4v) is 3.53. The highest BCUT2D eigenvalue weighted by molar-refractivity contribution is 9.12. The topological polar surface area (TPSA) is 50.2 Å². The monoisotopic (exact) mass is 386 g/mol. The van der Waals surface area contributed by atoms with Crippen molar-refractivity contribution in [2.75, 3.05) is 5.43 Å². The molecule has 3 rings (SSSR count). The standard InChI is InChI=1S/C17H15BrN4S/c1-11-12(2)23-17-15(11)16(19-10-20-17)22-21-9-14(18)8-13-6-4-3-5-7-13/h3-10H,1-2H3,(H,19,20,22)/b14-8-,21-9-. The molecule has 0 spiro atoms. The van der Waals surface area contributed by atoms with Gasteiger partial charge in [0.1, 0.15) is 11.2 Å². The molecule has 3 aromatic rings. The Bertz CT molecular complexity index is 884. The van der Waals surface area contributed by atoms with Gasteiger partial charge in [0.05, 0.1) is 11.6 Å². The zero-order chi connectivity index (χ0) is 16.2. The summed E-state index contributed by atoms with van der Waals surface area (Å²) in [6.45, 7) is 4.17. The molecule has 1 N–H and O–H groups in total. The molecule has 0 amide bonds. The molecule has 6 heteroatoms. The van der Waals surface area contributed by atoms with Crippen LogP contribution in [0.1, 0.15) is 16.0 Å². The van der Waals surface area contributed by atoms with E-state index in [1.807, 2.05) is 36.4 Å². The number of fused-ring (bicyclic) bond motifs is 1. The van der Waals surface area contributed by atoms with Gasteiger partial charge in [0.2, 0.25) is 0 Å². The van der Waals surface area contributed by atoms with Crippen LogP contribution >= 0.6 is 27.3 Å². The summed E-state index contributed by atoms with van der Waals surface area (Å²) in [5, 5.41) is 5.30. The van der Waals surface area contributed by atoms with Gasteiger partial charge in [0.25, 0.3) is 0 Å². The first-order valence-corrected chi connectivity index (χ1v) is 8.68. The van der Waals surface area contributed by atoms with Gasteiger partial charge in [-0.05, 0) is 47.0 Å². The highest BCUT2D eigenvalue weighted by atomic mass is 79.9. The maximum Gasteiger partial charge on any atom is 0.158 e. The zero-order valence-corrected chi connectivity index (χ0v) is 15.1. The van der Waals surface area contributed by atoms with E-state index in [-0.39, 0.29) is 0 Å². The van der Waals surface area contributed by atoms with Crippen molar-refractivity contribution in [3.63, 3.8) is 0 Å². The van der Waals surface area contributed by atoms with Crippen molar-refractivity contribution in [3.05, 3.63) is 57.1 Å². The second-order valence-electron chi connectivity index (χ2n) is 5.00. The van der Waals surface area contributed by atoms with Crippen molar-refractivity contribution in [1.82, 2.24) is 9.97 Å². The minimum Gasteiger partial charge on any atom is -0.261 e. The molecule has 0 fully saturated rings. The van der Waals surface area contributed by atoms with Gasteiger partial charge in [-0.25, -0.2) is 9.97 Å². The average molecular weight is 387 g/mol. The van der Waals surface area contributed by atoms with Gasteiger partial charge in [-0.3, -0.25) is 5.43 Å². The maximum atomic E-state index is 4.32. The number of aromatic nitrogens is 2. The first-order valence-electron chi connectivity index (χ1n) is 7.07. The van der Waals surface area contributed by atoms with Crippen LogP contribution in [0.15, 0.2) is 46.2 Å². The molecule has 0 bridgehead atoms. The number of hydrazone groups is 1. The molecule has 116 valence electrons. The summed E-state index contributed by atoms with van der Waals surface area (Å²) in [6, 6.07) is 10.1. The molecule has 0 unspecified atom stereocenters. The largest absolute Gasteiger partial charge is 0.261 e.